The number of aromatic nitrogens is 1. The average Bonchev–Trinajstić information content (AvgIpc) is 2.83. The van der Waals surface area contributed by atoms with E-state index in [2.05, 4.69) is 4.98 Å². The van der Waals surface area contributed by atoms with E-state index in [1.807, 2.05) is 13.0 Å². The highest BCUT2D eigenvalue weighted by molar-refractivity contribution is 7.89. The van der Waals surface area contributed by atoms with Crippen molar-refractivity contribution in [2.45, 2.75) is 17.7 Å². The Morgan fingerprint density at radius 1 is 1.41 bits per heavy atom. The van der Waals surface area contributed by atoms with E-state index in [1.165, 1.54) is 6.20 Å². The standard InChI is InChI=1S/C11H11NO3S2/c1-2-9-4-3-5-10(8-9)15-17(13,14)11-12-6-7-16-11/h3-8H,2H2,1H3. The molecule has 0 unspecified atom stereocenters. The molecule has 0 radical (unpaired) electrons. The van der Waals surface area contributed by atoms with Gasteiger partial charge in [0, 0.05) is 11.6 Å². The molecule has 0 fully saturated rings. The van der Waals surface area contributed by atoms with Gasteiger partial charge in [-0.25, -0.2) is 4.98 Å². The lowest BCUT2D eigenvalue weighted by atomic mass is 10.2. The van der Waals surface area contributed by atoms with Crippen LogP contribution in [0.2, 0.25) is 0 Å². The normalized spacial score (nSPS) is 11.4. The van der Waals surface area contributed by atoms with Gasteiger partial charge >= 0.3 is 10.1 Å². The molecule has 2 aromatic rings. The third-order valence-electron chi connectivity index (χ3n) is 2.14. The molecule has 0 saturated heterocycles. The zero-order valence-corrected chi connectivity index (χ0v) is 10.8. The van der Waals surface area contributed by atoms with Crippen LogP contribution >= 0.6 is 11.3 Å². The van der Waals surface area contributed by atoms with Gasteiger partial charge in [-0.2, -0.15) is 8.42 Å². The maximum absolute atomic E-state index is 11.8. The molecular formula is C11H11NO3S2. The van der Waals surface area contributed by atoms with E-state index in [4.69, 9.17) is 4.18 Å². The molecule has 0 saturated carbocycles. The van der Waals surface area contributed by atoms with Crippen LogP contribution in [0.1, 0.15) is 12.5 Å². The smallest absolute Gasteiger partial charge is 0.366 e. The van der Waals surface area contributed by atoms with Crippen LogP contribution < -0.4 is 4.18 Å². The molecular weight excluding hydrogens is 258 g/mol. The molecule has 0 N–H and O–H groups in total. The van der Waals surface area contributed by atoms with Crippen molar-refractivity contribution >= 4 is 21.5 Å². The van der Waals surface area contributed by atoms with Gasteiger partial charge in [0.05, 0.1) is 0 Å². The molecule has 1 heterocycles. The van der Waals surface area contributed by atoms with Crippen LogP contribution in [0.25, 0.3) is 0 Å². The van der Waals surface area contributed by atoms with Crippen molar-refractivity contribution in [2.24, 2.45) is 0 Å². The maximum Gasteiger partial charge on any atom is 0.366 e. The molecule has 0 atom stereocenters. The number of hydrogen-bond donors (Lipinski definition) is 0. The number of benzene rings is 1. The predicted molar refractivity (Wildman–Crippen MR) is 65.7 cm³/mol. The summed E-state index contributed by atoms with van der Waals surface area (Å²) in [4.78, 5) is 3.73. The number of aryl methyl sites for hydroxylation is 1. The Balaban J connectivity index is 2.26. The fourth-order valence-corrected chi connectivity index (χ4v) is 3.03. The minimum Gasteiger partial charge on any atom is -0.377 e. The summed E-state index contributed by atoms with van der Waals surface area (Å²) < 4.78 is 28.6. The van der Waals surface area contributed by atoms with Gasteiger partial charge in [0.15, 0.2) is 0 Å². The van der Waals surface area contributed by atoms with E-state index < -0.39 is 10.1 Å². The number of thiazole rings is 1. The second-order valence-corrected chi connectivity index (χ2v) is 5.95. The zero-order chi connectivity index (χ0) is 12.3. The summed E-state index contributed by atoms with van der Waals surface area (Å²) in [7, 11) is -3.79. The van der Waals surface area contributed by atoms with Crippen molar-refractivity contribution in [3.8, 4) is 5.75 Å². The van der Waals surface area contributed by atoms with E-state index >= 15 is 0 Å². The predicted octanol–water partition coefficient (Wildman–Crippen LogP) is 2.47. The third kappa shape index (κ3) is 2.83. The van der Waals surface area contributed by atoms with Gasteiger partial charge in [0.1, 0.15) is 5.75 Å². The van der Waals surface area contributed by atoms with Gasteiger partial charge in [-0.15, -0.1) is 11.3 Å². The molecule has 0 aliphatic heterocycles. The summed E-state index contributed by atoms with van der Waals surface area (Å²) >= 11 is 1.03. The van der Waals surface area contributed by atoms with E-state index in [-0.39, 0.29) is 4.34 Å². The first kappa shape index (κ1) is 12.1. The lowest BCUT2D eigenvalue weighted by Gasteiger charge is -2.05. The fourth-order valence-electron chi connectivity index (χ4n) is 1.31. The van der Waals surface area contributed by atoms with Gasteiger partial charge in [0.2, 0.25) is 4.34 Å². The van der Waals surface area contributed by atoms with Crippen molar-refractivity contribution in [3.63, 3.8) is 0 Å². The number of rotatable bonds is 4. The summed E-state index contributed by atoms with van der Waals surface area (Å²) in [6.07, 6.45) is 2.26. The van der Waals surface area contributed by atoms with Crippen molar-refractivity contribution < 1.29 is 12.6 Å². The quantitative estimate of drug-likeness (QED) is 0.800. The topological polar surface area (TPSA) is 56.3 Å². The molecule has 0 bridgehead atoms. The molecule has 0 amide bonds. The largest absolute Gasteiger partial charge is 0.377 e. The van der Waals surface area contributed by atoms with Gasteiger partial charge in [-0.1, -0.05) is 19.1 Å². The van der Waals surface area contributed by atoms with Gasteiger partial charge in [-0.05, 0) is 24.1 Å². The molecule has 2 rings (SSSR count). The van der Waals surface area contributed by atoms with E-state index in [1.54, 1.807) is 23.6 Å². The number of nitrogens with zero attached hydrogens (tertiary/aromatic N) is 1. The highest BCUT2D eigenvalue weighted by atomic mass is 32.3. The molecule has 1 aromatic carbocycles. The van der Waals surface area contributed by atoms with Crippen LogP contribution in [0.15, 0.2) is 40.2 Å². The van der Waals surface area contributed by atoms with E-state index in [0.29, 0.717) is 5.75 Å². The Morgan fingerprint density at radius 3 is 2.88 bits per heavy atom. The van der Waals surface area contributed by atoms with Crippen LogP contribution in [0, 0.1) is 0 Å². The average molecular weight is 269 g/mol. The minimum absolute atomic E-state index is 0.0283. The Kier molecular flexibility index (Phi) is 3.44. The molecule has 0 aliphatic rings. The van der Waals surface area contributed by atoms with E-state index in [9.17, 15) is 8.42 Å². The molecule has 0 aliphatic carbocycles. The molecule has 6 heteroatoms. The van der Waals surface area contributed by atoms with Crippen molar-refractivity contribution in [1.82, 2.24) is 4.98 Å². The second-order valence-electron chi connectivity index (χ2n) is 3.34. The van der Waals surface area contributed by atoms with Crippen LogP contribution in [-0.4, -0.2) is 13.4 Å². The van der Waals surface area contributed by atoms with E-state index in [0.717, 1.165) is 23.3 Å². The maximum atomic E-state index is 11.8. The number of hydrogen-bond acceptors (Lipinski definition) is 5. The van der Waals surface area contributed by atoms with Gasteiger partial charge < -0.3 is 4.18 Å². The van der Waals surface area contributed by atoms with Gasteiger partial charge in [0.25, 0.3) is 0 Å². The second kappa shape index (κ2) is 4.85. The molecule has 17 heavy (non-hydrogen) atoms. The Labute approximate surface area is 104 Å². The monoisotopic (exact) mass is 269 g/mol. The van der Waals surface area contributed by atoms with Gasteiger partial charge in [-0.3, -0.25) is 0 Å². The van der Waals surface area contributed by atoms with Crippen molar-refractivity contribution in [1.29, 1.82) is 0 Å². The van der Waals surface area contributed by atoms with Crippen LogP contribution in [0.3, 0.4) is 0 Å². The summed E-state index contributed by atoms with van der Waals surface area (Å²) in [6, 6.07) is 7.02. The highest BCUT2D eigenvalue weighted by Gasteiger charge is 2.19. The van der Waals surface area contributed by atoms with Crippen molar-refractivity contribution in [3.05, 3.63) is 41.4 Å². The third-order valence-corrected chi connectivity index (χ3v) is 4.55. The summed E-state index contributed by atoms with van der Waals surface area (Å²) in [6.45, 7) is 1.99. The Bertz CT molecular complexity index is 591. The van der Waals surface area contributed by atoms with Crippen LogP contribution in [0.5, 0.6) is 5.75 Å². The summed E-state index contributed by atoms with van der Waals surface area (Å²) in [5, 5.41) is 1.60. The Morgan fingerprint density at radius 2 is 2.24 bits per heavy atom. The first-order valence-electron chi connectivity index (χ1n) is 5.05. The zero-order valence-electron chi connectivity index (χ0n) is 9.16. The molecule has 4 nitrogen and oxygen atoms in total. The van der Waals surface area contributed by atoms with Crippen molar-refractivity contribution in [2.75, 3.05) is 0 Å². The molecule has 1 aromatic heterocycles. The molecule has 0 spiro atoms. The lowest BCUT2D eigenvalue weighted by Crippen LogP contribution is -2.09. The fraction of sp³-hybridized carbons (Fsp3) is 0.182. The Hall–Kier alpha value is -1.40. The molecule has 90 valence electrons. The van der Waals surface area contributed by atoms with Crippen LogP contribution in [0.4, 0.5) is 0 Å². The first-order valence-corrected chi connectivity index (χ1v) is 7.33. The van der Waals surface area contributed by atoms with Crippen LogP contribution in [-0.2, 0) is 16.5 Å². The minimum atomic E-state index is -3.79. The summed E-state index contributed by atoms with van der Waals surface area (Å²) in [5.41, 5.74) is 1.02. The summed E-state index contributed by atoms with van der Waals surface area (Å²) in [5.74, 6) is 0.319. The first-order chi connectivity index (χ1) is 8.12. The highest BCUT2D eigenvalue weighted by Crippen LogP contribution is 2.21. The lowest BCUT2D eigenvalue weighted by molar-refractivity contribution is 0.485. The SMILES string of the molecule is CCc1cccc(OS(=O)(=O)c2nccs2)c1.